The van der Waals surface area contributed by atoms with Crippen molar-refractivity contribution in [1.29, 1.82) is 0 Å². The molecule has 0 unspecified atom stereocenters. The third-order valence-electron chi connectivity index (χ3n) is 9.26. The van der Waals surface area contributed by atoms with E-state index >= 15 is 0 Å². The van der Waals surface area contributed by atoms with E-state index in [-0.39, 0.29) is 55.5 Å². The molecule has 0 spiro atoms. The molecule has 1 aliphatic carbocycles. The van der Waals surface area contributed by atoms with Gasteiger partial charge in [-0.15, -0.1) is 0 Å². The van der Waals surface area contributed by atoms with Gasteiger partial charge in [0, 0.05) is 68.2 Å². The number of carbonyl (C=O) groups is 2. The normalized spacial score (nSPS) is 24.8. The molecular weight excluding hydrogens is 573 g/mol. The highest BCUT2D eigenvalue weighted by molar-refractivity contribution is 5.99. The Morgan fingerprint density at radius 2 is 1.84 bits per heavy atom. The fourth-order valence-electron chi connectivity index (χ4n) is 6.80. The van der Waals surface area contributed by atoms with E-state index < -0.39 is 12.1 Å². The van der Waals surface area contributed by atoms with Crippen LogP contribution in [0.3, 0.4) is 0 Å². The van der Waals surface area contributed by atoms with Gasteiger partial charge in [0.1, 0.15) is 11.4 Å². The Morgan fingerprint density at radius 3 is 2.45 bits per heavy atom. The minimum Gasteiger partial charge on any atom is -0.492 e. The second kappa shape index (κ2) is 13.7. The van der Waals surface area contributed by atoms with E-state index in [2.05, 4.69) is 20.1 Å². The van der Waals surface area contributed by atoms with Crippen LogP contribution < -0.4 is 15.0 Å². The quantitative estimate of drug-likeness (QED) is 0.457. The highest BCUT2D eigenvalue weighted by atomic mass is 19.4. The zero-order valence-electron chi connectivity index (χ0n) is 25.8. The van der Waals surface area contributed by atoms with Gasteiger partial charge in [-0.3, -0.25) is 14.6 Å². The molecule has 5 rings (SSSR count). The van der Waals surface area contributed by atoms with E-state index in [1.54, 1.807) is 17.3 Å². The standard InChI is InChI=1S/C32H43F3N6O3/c1-4-25-20-40(31(43)21-8-10-23(11-9-21)32(33,34)35)15-16-41(25)26-17-27(44-5-2)28(22-7-6-13-36-18-22)38-29(26)30(42)37-24-12-14-39(3)19-24/h6-7,13,17-18,21,23-25H,4-5,8-12,14-16,19-20H2,1-3H3,(H,37,42)/t21?,23?,24-,25-/m1/s1. The van der Waals surface area contributed by atoms with E-state index in [1.165, 1.54) is 0 Å². The van der Waals surface area contributed by atoms with Gasteiger partial charge in [0.15, 0.2) is 5.69 Å². The van der Waals surface area contributed by atoms with E-state index in [9.17, 15) is 22.8 Å². The van der Waals surface area contributed by atoms with Gasteiger partial charge in [-0.2, -0.15) is 13.2 Å². The van der Waals surface area contributed by atoms with Crippen LogP contribution in [0.5, 0.6) is 5.75 Å². The number of rotatable bonds is 8. The van der Waals surface area contributed by atoms with E-state index in [4.69, 9.17) is 9.72 Å². The zero-order valence-corrected chi connectivity index (χ0v) is 25.8. The fraction of sp³-hybridized carbons (Fsp3) is 0.625. The van der Waals surface area contributed by atoms with Crippen LogP contribution in [0.4, 0.5) is 18.9 Å². The molecule has 2 aromatic heterocycles. The first-order valence-corrected chi connectivity index (χ1v) is 15.8. The van der Waals surface area contributed by atoms with Gasteiger partial charge >= 0.3 is 6.18 Å². The van der Waals surface area contributed by atoms with Crippen molar-refractivity contribution < 1.29 is 27.5 Å². The molecule has 1 saturated carbocycles. The molecule has 2 aromatic rings. The van der Waals surface area contributed by atoms with Crippen molar-refractivity contribution in [2.45, 2.75) is 70.6 Å². The van der Waals surface area contributed by atoms with E-state index in [0.29, 0.717) is 55.5 Å². The van der Waals surface area contributed by atoms with Crippen LogP contribution >= 0.6 is 0 Å². The Hall–Kier alpha value is -3.41. The number of piperazine rings is 1. The Morgan fingerprint density at radius 1 is 1.07 bits per heavy atom. The summed E-state index contributed by atoms with van der Waals surface area (Å²) < 4.78 is 45.6. The maximum Gasteiger partial charge on any atom is 0.391 e. The summed E-state index contributed by atoms with van der Waals surface area (Å²) in [5.74, 6) is -1.48. The summed E-state index contributed by atoms with van der Waals surface area (Å²) in [6.07, 6.45) is 1.25. The largest absolute Gasteiger partial charge is 0.492 e. The molecule has 0 radical (unpaired) electrons. The summed E-state index contributed by atoms with van der Waals surface area (Å²) in [4.78, 5) is 42.6. The SMILES string of the molecule is CCOc1cc(N2CCN(C(=O)C3CCC(C(F)(F)F)CC3)C[C@H]2CC)c(C(=O)N[C@@H]2CCN(C)C2)nc1-c1cccnc1. The number of likely N-dealkylation sites (tertiary alicyclic amines) is 1. The van der Waals surface area contributed by atoms with Gasteiger partial charge < -0.3 is 24.8 Å². The molecule has 12 heteroatoms. The topological polar surface area (TPSA) is 90.9 Å². The minimum absolute atomic E-state index is 0.00148. The molecule has 2 atom stereocenters. The smallest absolute Gasteiger partial charge is 0.391 e. The van der Waals surface area contributed by atoms with E-state index in [1.807, 2.05) is 39.1 Å². The highest BCUT2D eigenvalue weighted by Crippen LogP contribution is 2.41. The van der Waals surface area contributed by atoms with Crippen LogP contribution in [0.1, 0.15) is 62.9 Å². The van der Waals surface area contributed by atoms with Crippen molar-refractivity contribution in [3.63, 3.8) is 0 Å². The number of carbonyl (C=O) groups excluding carboxylic acids is 2. The molecular formula is C32H43F3N6O3. The van der Waals surface area contributed by atoms with Crippen LogP contribution in [0, 0.1) is 11.8 Å². The van der Waals surface area contributed by atoms with Crippen LogP contribution in [0.25, 0.3) is 11.3 Å². The van der Waals surface area contributed by atoms with Crippen molar-refractivity contribution in [2.24, 2.45) is 11.8 Å². The summed E-state index contributed by atoms with van der Waals surface area (Å²) in [5.41, 5.74) is 2.22. The number of likely N-dealkylation sites (N-methyl/N-ethyl adjacent to an activating group) is 1. The average Bonchev–Trinajstić information content (AvgIpc) is 3.44. The predicted octanol–water partition coefficient (Wildman–Crippen LogP) is 4.77. The number of halogens is 3. The predicted molar refractivity (Wildman–Crippen MR) is 162 cm³/mol. The molecule has 2 saturated heterocycles. The molecule has 240 valence electrons. The lowest BCUT2D eigenvalue weighted by Gasteiger charge is -2.44. The van der Waals surface area contributed by atoms with Crippen molar-refractivity contribution in [2.75, 3.05) is 51.3 Å². The molecule has 1 N–H and O–H groups in total. The van der Waals surface area contributed by atoms with Gasteiger partial charge in [-0.25, -0.2) is 4.98 Å². The number of nitrogens with zero attached hydrogens (tertiary/aromatic N) is 5. The van der Waals surface area contributed by atoms with Gasteiger partial charge in [0.25, 0.3) is 5.91 Å². The first-order chi connectivity index (χ1) is 21.1. The van der Waals surface area contributed by atoms with Crippen molar-refractivity contribution in [3.05, 3.63) is 36.3 Å². The number of amides is 2. The van der Waals surface area contributed by atoms with Crippen LogP contribution in [0.15, 0.2) is 30.6 Å². The lowest BCUT2D eigenvalue weighted by molar-refractivity contribution is -0.185. The molecule has 3 aliphatic rings. The van der Waals surface area contributed by atoms with Crippen molar-refractivity contribution in [3.8, 4) is 17.0 Å². The van der Waals surface area contributed by atoms with Crippen molar-refractivity contribution in [1.82, 2.24) is 25.1 Å². The number of anilines is 1. The number of aromatic nitrogens is 2. The van der Waals surface area contributed by atoms with Gasteiger partial charge in [-0.05, 0) is 71.2 Å². The Labute approximate surface area is 257 Å². The van der Waals surface area contributed by atoms with Gasteiger partial charge in [0.05, 0.1) is 18.2 Å². The Kier molecular flexibility index (Phi) is 9.97. The summed E-state index contributed by atoms with van der Waals surface area (Å²) >= 11 is 0. The average molecular weight is 617 g/mol. The van der Waals surface area contributed by atoms with E-state index in [0.717, 1.165) is 25.1 Å². The molecule has 4 heterocycles. The fourth-order valence-corrected chi connectivity index (χ4v) is 6.80. The molecule has 2 aliphatic heterocycles. The third-order valence-corrected chi connectivity index (χ3v) is 9.26. The number of nitrogens with one attached hydrogen (secondary N) is 1. The molecule has 44 heavy (non-hydrogen) atoms. The first kappa shape index (κ1) is 32.0. The molecule has 9 nitrogen and oxygen atoms in total. The maximum atomic E-state index is 13.9. The van der Waals surface area contributed by atoms with Crippen LogP contribution in [0.2, 0.25) is 0 Å². The summed E-state index contributed by atoms with van der Waals surface area (Å²) in [7, 11) is 2.03. The zero-order chi connectivity index (χ0) is 31.4. The minimum atomic E-state index is -4.20. The number of hydrogen-bond donors (Lipinski definition) is 1. The first-order valence-electron chi connectivity index (χ1n) is 15.8. The Bertz CT molecular complexity index is 1300. The molecule has 0 aromatic carbocycles. The summed E-state index contributed by atoms with van der Waals surface area (Å²) in [5, 5.41) is 3.18. The molecule has 0 bridgehead atoms. The van der Waals surface area contributed by atoms with Crippen molar-refractivity contribution >= 4 is 17.5 Å². The maximum absolute atomic E-state index is 13.9. The lowest BCUT2D eigenvalue weighted by Crippen LogP contribution is -2.56. The third kappa shape index (κ3) is 7.11. The van der Waals surface area contributed by atoms with Crippen LogP contribution in [-0.4, -0.2) is 96.2 Å². The summed E-state index contributed by atoms with van der Waals surface area (Å²) in [6.45, 7) is 7.31. The number of pyridine rings is 2. The second-order valence-corrected chi connectivity index (χ2v) is 12.2. The lowest BCUT2D eigenvalue weighted by atomic mass is 9.81. The highest BCUT2D eigenvalue weighted by Gasteiger charge is 2.43. The number of hydrogen-bond acceptors (Lipinski definition) is 7. The van der Waals surface area contributed by atoms with Crippen LogP contribution in [-0.2, 0) is 4.79 Å². The monoisotopic (exact) mass is 616 g/mol. The number of ether oxygens (including phenoxy) is 1. The molecule has 3 fully saturated rings. The summed E-state index contributed by atoms with van der Waals surface area (Å²) in [6, 6.07) is 5.48. The van der Waals surface area contributed by atoms with Gasteiger partial charge in [-0.1, -0.05) is 6.92 Å². The van der Waals surface area contributed by atoms with Gasteiger partial charge in [0.2, 0.25) is 5.91 Å². The number of alkyl halides is 3. The molecule has 2 amide bonds. The second-order valence-electron chi connectivity index (χ2n) is 12.2. The Balaban J connectivity index is 1.41.